The third-order valence-corrected chi connectivity index (χ3v) is 1.79. The van der Waals surface area contributed by atoms with Crippen molar-refractivity contribution in [2.24, 2.45) is 0 Å². The van der Waals surface area contributed by atoms with Crippen molar-refractivity contribution in [2.75, 3.05) is 0 Å². The number of rotatable bonds is 1. The lowest BCUT2D eigenvalue weighted by Crippen LogP contribution is -1.79. The van der Waals surface area contributed by atoms with Gasteiger partial charge in [0.25, 0.3) is 0 Å². The fourth-order valence-electron chi connectivity index (χ4n) is 0.718. The summed E-state index contributed by atoms with van der Waals surface area (Å²) in [7, 11) is 0. The van der Waals surface area contributed by atoms with Crippen LogP contribution in [0, 0.1) is 10.8 Å². The maximum atomic E-state index is 8.35. The molecular formula is C10H11BrN2O2. The Morgan fingerprint density at radius 1 is 1.13 bits per heavy atom. The van der Waals surface area contributed by atoms with E-state index in [0.717, 1.165) is 12.2 Å². The summed E-state index contributed by atoms with van der Waals surface area (Å²) < 4.78 is 0. The molecular weight excluding hydrogens is 260 g/mol. The molecule has 0 spiro atoms. The standard InChI is InChI=1S/C8H9Br.2CHNO/c1-7(9)8-5-3-2-4-6-8;2*2-1-3/h2-7H,1H3;2*2H. The van der Waals surface area contributed by atoms with E-state index in [1.54, 1.807) is 0 Å². The average molecular weight is 271 g/mol. The molecule has 0 heterocycles. The highest BCUT2D eigenvalue weighted by atomic mass is 79.9. The number of hydrogen-bond donors (Lipinski definition) is 2. The van der Waals surface area contributed by atoms with Crippen molar-refractivity contribution in [1.29, 1.82) is 10.8 Å². The van der Waals surface area contributed by atoms with Crippen LogP contribution in [0.4, 0.5) is 0 Å². The molecule has 80 valence electrons. The highest BCUT2D eigenvalue weighted by Crippen LogP contribution is 2.19. The number of halogens is 1. The van der Waals surface area contributed by atoms with Gasteiger partial charge in [-0.3, -0.25) is 0 Å². The molecule has 0 bridgehead atoms. The first kappa shape index (κ1) is 15.9. The Balaban J connectivity index is 0. The van der Waals surface area contributed by atoms with Crippen LogP contribution < -0.4 is 0 Å². The summed E-state index contributed by atoms with van der Waals surface area (Å²) in [6, 6.07) is 10.3. The van der Waals surface area contributed by atoms with E-state index in [9.17, 15) is 0 Å². The van der Waals surface area contributed by atoms with Crippen molar-refractivity contribution in [3.63, 3.8) is 0 Å². The summed E-state index contributed by atoms with van der Waals surface area (Å²) in [4.78, 5) is 17.2. The van der Waals surface area contributed by atoms with Crippen molar-refractivity contribution in [2.45, 2.75) is 11.8 Å². The first-order valence-electron chi connectivity index (χ1n) is 3.90. The third-order valence-electron chi connectivity index (χ3n) is 1.26. The zero-order chi connectivity index (χ0) is 12.1. The van der Waals surface area contributed by atoms with Crippen molar-refractivity contribution in [1.82, 2.24) is 0 Å². The van der Waals surface area contributed by atoms with E-state index in [0.29, 0.717) is 4.83 Å². The van der Waals surface area contributed by atoms with Crippen LogP contribution in [0.25, 0.3) is 0 Å². The molecule has 0 saturated heterocycles. The number of alkyl halides is 1. The van der Waals surface area contributed by atoms with Gasteiger partial charge in [0.05, 0.1) is 0 Å². The summed E-state index contributed by atoms with van der Waals surface area (Å²) in [5.41, 5.74) is 1.33. The highest BCUT2D eigenvalue weighted by molar-refractivity contribution is 9.09. The summed E-state index contributed by atoms with van der Waals surface area (Å²) in [5, 5.41) is 10.8. The molecule has 0 aliphatic carbocycles. The van der Waals surface area contributed by atoms with Gasteiger partial charge in [-0.25, -0.2) is 20.4 Å². The zero-order valence-corrected chi connectivity index (χ0v) is 9.74. The molecule has 1 atom stereocenters. The summed E-state index contributed by atoms with van der Waals surface area (Å²) in [6.07, 6.45) is 1.50. The number of nitrogens with one attached hydrogen (secondary N) is 2. The molecule has 0 fully saturated rings. The molecule has 0 aliphatic heterocycles. The number of isocyanates is 2. The van der Waals surface area contributed by atoms with Crippen molar-refractivity contribution in [3.8, 4) is 0 Å². The van der Waals surface area contributed by atoms with Crippen molar-refractivity contribution < 1.29 is 9.59 Å². The van der Waals surface area contributed by atoms with Crippen molar-refractivity contribution >= 4 is 28.1 Å². The molecule has 0 saturated carbocycles. The molecule has 1 unspecified atom stereocenters. The average Bonchev–Trinajstić information content (AvgIpc) is 2.21. The van der Waals surface area contributed by atoms with Crippen LogP contribution in [-0.4, -0.2) is 12.2 Å². The predicted molar refractivity (Wildman–Crippen MR) is 60.6 cm³/mol. The quantitative estimate of drug-likeness (QED) is 0.467. The van der Waals surface area contributed by atoms with Gasteiger partial charge in [-0.2, -0.15) is 0 Å². The SMILES string of the molecule is CC(Br)c1ccccc1.N=C=O.N=C=O. The second-order valence-electron chi connectivity index (χ2n) is 2.23. The van der Waals surface area contributed by atoms with Crippen LogP contribution in [0.15, 0.2) is 30.3 Å². The van der Waals surface area contributed by atoms with Gasteiger partial charge in [-0.05, 0) is 12.5 Å². The van der Waals surface area contributed by atoms with Gasteiger partial charge < -0.3 is 0 Å². The second-order valence-corrected chi connectivity index (χ2v) is 3.60. The lowest BCUT2D eigenvalue weighted by molar-refractivity contribution is 0.562. The highest BCUT2D eigenvalue weighted by Gasteiger charge is 1.95. The van der Waals surface area contributed by atoms with Gasteiger partial charge in [-0.15, -0.1) is 0 Å². The van der Waals surface area contributed by atoms with Crippen LogP contribution in [-0.2, 0) is 9.59 Å². The van der Waals surface area contributed by atoms with E-state index in [1.165, 1.54) is 5.56 Å². The lowest BCUT2D eigenvalue weighted by Gasteiger charge is -1.99. The number of benzene rings is 1. The van der Waals surface area contributed by atoms with Gasteiger partial charge in [0.15, 0.2) is 0 Å². The van der Waals surface area contributed by atoms with Gasteiger partial charge in [-0.1, -0.05) is 46.3 Å². The molecule has 1 rings (SSSR count). The van der Waals surface area contributed by atoms with Gasteiger partial charge in [0.2, 0.25) is 12.2 Å². The number of hydrogen-bond acceptors (Lipinski definition) is 4. The minimum absolute atomic E-state index is 0.471. The molecule has 0 amide bonds. The largest absolute Gasteiger partial charge is 0.231 e. The summed E-state index contributed by atoms with van der Waals surface area (Å²) >= 11 is 3.48. The summed E-state index contributed by atoms with van der Waals surface area (Å²) in [6.45, 7) is 2.12. The maximum Gasteiger partial charge on any atom is 0.231 e. The van der Waals surface area contributed by atoms with E-state index in [1.807, 2.05) is 18.2 Å². The van der Waals surface area contributed by atoms with Gasteiger partial charge in [0, 0.05) is 4.83 Å². The minimum atomic E-state index is 0.471. The van der Waals surface area contributed by atoms with Crippen LogP contribution in [0.2, 0.25) is 0 Å². The topological polar surface area (TPSA) is 81.8 Å². The maximum absolute atomic E-state index is 8.35. The smallest absolute Gasteiger partial charge is 0.222 e. The Labute approximate surface area is 96.5 Å². The zero-order valence-electron chi connectivity index (χ0n) is 8.16. The summed E-state index contributed by atoms with van der Waals surface area (Å²) in [5.74, 6) is 0. The normalized spacial score (nSPS) is 8.93. The Morgan fingerprint density at radius 3 is 1.67 bits per heavy atom. The number of carbonyl (C=O) groups excluding carboxylic acids is 2. The van der Waals surface area contributed by atoms with Crippen LogP contribution in [0.5, 0.6) is 0 Å². The van der Waals surface area contributed by atoms with E-state index < -0.39 is 0 Å². The van der Waals surface area contributed by atoms with Crippen molar-refractivity contribution in [3.05, 3.63) is 35.9 Å². The van der Waals surface area contributed by atoms with Gasteiger partial charge in [0.1, 0.15) is 0 Å². The molecule has 0 aliphatic rings. The van der Waals surface area contributed by atoms with Gasteiger partial charge >= 0.3 is 0 Å². The van der Waals surface area contributed by atoms with E-state index in [2.05, 4.69) is 35.0 Å². The molecule has 0 aromatic heterocycles. The Kier molecular flexibility index (Phi) is 13.2. The Morgan fingerprint density at radius 2 is 1.47 bits per heavy atom. The third kappa shape index (κ3) is 12.5. The molecule has 2 N–H and O–H groups in total. The van der Waals surface area contributed by atoms with Crippen LogP contribution in [0.1, 0.15) is 17.3 Å². The first-order valence-corrected chi connectivity index (χ1v) is 4.82. The molecule has 4 nitrogen and oxygen atoms in total. The molecule has 1 aromatic carbocycles. The Hall–Kier alpha value is -1.54. The Bertz CT molecular complexity index is 301. The molecule has 1 aromatic rings. The minimum Gasteiger partial charge on any atom is -0.222 e. The molecule has 5 heteroatoms. The van der Waals surface area contributed by atoms with E-state index in [4.69, 9.17) is 20.4 Å². The predicted octanol–water partition coefficient (Wildman–Crippen LogP) is 2.94. The van der Waals surface area contributed by atoms with Crippen LogP contribution in [0.3, 0.4) is 0 Å². The van der Waals surface area contributed by atoms with Crippen LogP contribution >= 0.6 is 15.9 Å². The second kappa shape index (κ2) is 12.5. The molecule has 15 heavy (non-hydrogen) atoms. The molecule has 0 radical (unpaired) electrons. The fraction of sp³-hybridized carbons (Fsp3) is 0.200. The fourth-order valence-corrected chi connectivity index (χ4v) is 1.02. The van der Waals surface area contributed by atoms with E-state index in [-0.39, 0.29) is 0 Å². The monoisotopic (exact) mass is 270 g/mol. The van der Waals surface area contributed by atoms with E-state index >= 15 is 0 Å². The first-order chi connectivity index (χ1) is 7.13. The lowest BCUT2D eigenvalue weighted by atomic mass is 10.2.